The van der Waals surface area contributed by atoms with Gasteiger partial charge in [0, 0.05) is 16.1 Å². The largest absolute Gasteiger partial charge is 0.365 e. The Kier molecular flexibility index (Phi) is 6.22. The lowest BCUT2D eigenvalue weighted by Gasteiger charge is -2.18. The number of nitrogens with two attached hydrogens (primary N) is 1. The number of halogens is 1. The van der Waals surface area contributed by atoms with Crippen LogP contribution in [-0.4, -0.2) is 20.2 Å². The minimum absolute atomic E-state index is 0.108. The van der Waals surface area contributed by atoms with E-state index in [-0.39, 0.29) is 16.1 Å². The highest BCUT2D eigenvalue weighted by molar-refractivity contribution is 7.92. The number of anilines is 2. The Morgan fingerprint density at radius 1 is 1.15 bits per heavy atom. The zero-order valence-corrected chi connectivity index (χ0v) is 19.4. The van der Waals surface area contributed by atoms with Crippen LogP contribution in [0.5, 0.6) is 0 Å². The molecule has 2 aromatic carbocycles. The Bertz CT molecular complexity index is 1330. The summed E-state index contributed by atoms with van der Waals surface area (Å²) in [6.45, 7) is 2.14. The molecule has 0 saturated heterocycles. The van der Waals surface area contributed by atoms with E-state index in [4.69, 9.17) is 5.73 Å². The van der Waals surface area contributed by atoms with Crippen LogP contribution in [0.25, 0.3) is 0 Å². The normalized spacial score (nSPS) is 15.5. The molecule has 2 amide bonds. The van der Waals surface area contributed by atoms with E-state index < -0.39 is 27.7 Å². The Hall–Kier alpha value is -3.24. The molecule has 0 spiro atoms. The second kappa shape index (κ2) is 8.95. The number of benzene rings is 2. The van der Waals surface area contributed by atoms with Crippen LogP contribution in [0.15, 0.2) is 53.4 Å². The van der Waals surface area contributed by atoms with Crippen molar-refractivity contribution in [3.63, 3.8) is 0 Å². The van der Waals surface area contributed by atoms with Gasteiger partial charge in [0.25, 0.3) is 21.8 Å². The molecule has 0 fully saturated rings. The number of nitrogens with one attached hydrogen (secondary N) is 2. The molecule has 0 radical (unpaired) electrons. The predicted octanol–water partition coefficient (Wildman–Crippen LogP) is 4.16. The number of thiophene rings is 1. The fourth-order valence-corrected chi connectivity index (χ4v) is 6.29. The van der Waals surface area contributed by atoms with Gasteiger partial charge in [-0.15, -0.1) is 11.3 Å². The van der Waals surface area contributed by atoms with E-state index >= 15 is 0 Å². The standard InChI is InChI=1S/C23H22FN3O4S2/c1-13-5-10-18-19(11-13)32-23(20(18)21(25)28)26-22(29)14-3-2-4-16(12-14)27-33(30,31)17-8-6-15(24)7-9-17/h2-4,6-9,12-13,27H,5,10-11H2,1H3,(H2,25,28)(H,26,29)/t13-/m1/s1. The molecule has 33 heavy (non-hydrogen) atoms. The van der Waals surface area contributed by atoms with E-state index in [1.54, 1.807) is 0 Å². The SMILES string of the molecule is C[C@@H]1CCc2c(sc(NC(=O)c3cccc(NS(=O)(=O)c4ccc(F)cc4)c3)c2C(N)=O)C1. The Morgan fingerprint density at radius 3 is 2.58 bits per heavy atom. The lowest BCUT2D eigenvalue weighted by atomic mass is 9.88. The van der Waals surface area contributed by atoms with Crippen molar-refractivity contribution < 1.29 is 22.4 Å². The fourth-order valence-electron chi connectivity index (χ4n) is 3.83. The minimum Gasteiger partial charge on any atom is -0.365 e. The van der Waals surface area contributed by atoms with E-state index in [0.717, 1.165) is 54.0 Å². The molecule has 1 heterocycles. The van der Waals surface area contributed by atoms with Crippen molar-refractivity contribution in [3.8, 4) is 0 Å². The smallest absolute Gasteiger partial charge is 0.261 e. The molecule has 0 unspecified atom stereocenters. The molecule has 0 bridgehead atoms. The summed E-state index contributed by atoms with van der Waals surface area (Å²) < 4.78 is 40.6. The molecule has 0 aliphatic heterocycles. The predicted molar refractivity (Wildman–Crippen MR) is 126 cm³/mol. The number of primary amides is 1. The summed E-state index contributed by atoms with van der Waals surface area (Å²) in [6, 6.07) is 10.4. The van der Waals surface area contributed by atoms with Crippen LogP contribution in [0.4, 0.5) is 15.1 Å². The van der Waals surface area contributed by atoms with Gasteiger partial charge < -0.3 is 11.1 Å². The first kappa shape index (κ1) is 22.9. The first-order valence-corrected chi connectivity index (χ1v) is 12.6. The zero-order valence-electron chi connectivity index (χ0n) is 17.7. The first-order chi connectivity index (χ1) is 15.6. The van der Waals surface area contributed by atoms with Crippen LogP contribution < -0.4 is 15.8 Å². The molecule has 3 aromatic rings. The quantitative estimate of drug-likeness (QED) is 0.484. The Labute approximate surface area is 194 Å². The summed E-state index contributed by atoms with van der Waals surface area (Å²) in [5, 5.41) is 3.17. The number of carbonyl (C=O) groups excluding carboxylic acids is 2. The molecule has 1 atom stereocenters. The first-order valence-electron chi connectivity index (χ1n) is 10.3. The van der Waals surface area contributed by atoms with Crippen LogP contribution in [0.2, 0.25) is 0 Å². The Balaban J connectivity index is 1.57. The topological polar surface area (TPSA) is 118 Å². The van der Waals surface area contributed by atoms with E-state index in [9.17, 15) is 22.4 Å². The molecular weight excluding hydrogens is 465 g/mol. The van der Waals surface area contributed by atoms with Gasteiger partial charge in [-0.3, -0.25) is 14.3 Å². The second-order valence-corrected chi connectivity index (χ2v) is 10.8. The maximum absolute atomic E-state index is 13.1. The average Bonchev–Trinajstić information content (AvgIpc) is 3.11. The number of carbonyl (C=O) groups is 2. The fraction of sp³-hybridized carbons (Fsp3) is 0.217. The summed E-state index contributed by atoms with van der Waals surface area (Å²) in [4.78, 5) is 26.0. The molecule has 4 N–H and O–H groups in total. The monoisotopic (exact) mass is 487 g/mol. The molecule has 1 aliphatic carbocycles. The third kappa shape index (κ3) is 4.91. The van der Waals surface area contributed by atoms with Gasteiger partial charge in [-0.1, -0.05) is 13.0 Å². The van der Waals surface area contributed by atoms with Crippen LogP contribution in [0.3, 0.4) is 0 Å². The number of sulfonamides is 1. The second-order valence-electron chi connectivity index (χ2n) is 8.01. The van der Waals surface area contributed by atoms with Crippen molar-refractivity contribution in [1.82, 2.24) is 0 Å². The highest BCUT2D eigenvalue weighted by atomic mass is 32.2. The molecule has 1 aliphatic rings. The van der Waals surface area contributed by atoms with Gasteiger partial charge in [0.15, 0.2) is 0 Å². The Morgan fingerprint density at radius 2 is 1.88 bits per heavy atom. The molecule has 10 heteroatoms. The van der Waals surface area contributed by atoms with E-state index in [2.05, 4.69) is 17.0 Å². The molecule has 0 saturated carbocycles. The molecule has 7 nitrogen and oxygen atoms in total. The van der Waals surface area contributed by atoms with Crippen molar-refractivity contribution in [2.75, 3.05) is 10.0 Å². The van der Waals surface area contributed by atoms with Gasteiger partial charge in [0.2, 0.25) is 0 Å². The van der Waals surface area contributed by atoms with Crippen molar-refractivity contribution in [2.45, 2.75) is 31.1 Å². The lowest BCUT2D eigenvalue weighted by molar-refractivity contribution is 0.1000. The molecular formula is C23H22FN3O4S2. The van der Waals surface area contributed by atoms with E-state index in [1.165, 1.54) is 35.6 Å². The summed E-state index contributed by atoms with van der Waals surface area (Å²) in [6.07, 6.45) is 2.52. The highest BCUT2D eigenvalue weighted by Gasteiger charge is 2.27. The maximum Gasteiger partial charge on any atom is 0.261 e. The summed E-state index contributed by atoms with van der Waals surface area (Å²) in [5.74, 6) is -1.14. The van der Waals surface area contributed by atoms with Crippen LogP contribution in [-0.2, 0) is 22.9 Å². The average molecular weight is 488 g/mol. The summed E-state index contributed by atoms with van der Waals surface area (Å²) in [7, 11) is -3.96. The molecule has 4 rings (SSSR count). The van der Waals surface area contributed by atoms with Crippen LogP contribution in [0.1, 0.15) is 44.5 Å². The van der Waals surface area contributed by atoms with Crippen molar-refractivity contribution >= 4 is 43.9 Å². The third-order valence-corrected chi connectivity index (χ3v) is 8.05. The summed E-state index contributed by atoms with van der Waals surface area (Å²) >= 11 is 1.35. The number of hydrogen-bond donors (Lipinski definition) is 3. The van der Waals surface area contributed by atoms with E-state index in [0.29, 0.717) is 16.5 Å². The van der Waals surface area contributed by atoms with Gasteiger partial charge in [-0.2, -0.15) is 0 Å². The van der Waals surface area contributed by atoms with Gasteiger partial charge in [-0.05, 0) is 73.2 Å². The number of hydrogen-bond acceptors (Lipinski definition) is 5. The van der Waals surface area contributed by atoms with Crippen molar-refractivity contribution in [3.05, 3.63) is 75.9 Å². The highest BCUT2D eigenvalue weighted by Crippen LogP contribution is 2.39. The van der Waals surface area contributed by atoms with Gasteiger partial charge >= 0.3 is 0 Å². The lowest BCUT2D eigenvalue weighted by Crippen LogP contribution is -2.19. The third-order valence-electron chi connectivity index (χ3n) is 5.49. The molecule has 1 aromatic heterocycles. The van der Waals surface area contributed by atoms with Gasteiger partial charge in [0.1, 0.15) is 10.8 Å². The zero-order chi connectivity index (χ0) is 23.8. The van der Waals surface area contributed by atoms with Crippen LogP contribution in [0, 0.1) is 11.7 Å². The minimum atomic E-state index is -3.96. The van der Waals surface area contributed by atoms with Gasteiger partial charge in [-0.25, -0.2) is 12.8 Å². The maximum atomic E-state index is 13.1. The van der Waals surface area contributed by atoms with Crippen molar-refractivity contribution in [2.24, 2.45) is 11.7 Å². The van der Waals surface area contributed by atoms with Gasteiger partial charge in [0.05, 0.1) is 10.5 Å². The number of amides is 2. The van der Waals surface area contributed by atoms with Crippen molar-refractivity contribution in [1.29, 1.82) is 0 Å². The van der Waals surface area contributed by atoms with Crippen LogP contribution >= 0.6 is 11.3 Å². The number of fused-ring (bicyclic) bond motifs is 1. The summed E-state index contributed by atoms with van der Waals surface area (Å²) in [5.41, 5.74) is 7.23. The van der Waals surface area contributed by atoms with E-state index in [1.807, 2.05) is 0 Å². The number of rotatable bonds is 6. The molecule has 172 valence electrons.